The van der Waals surface area contributed by atoms with Gasteiger partial charge in [0.2, 0.25) is 5.91 Å². The van der Waals surface area contributed by atoms with Crippen molar-refractivity contribution in [3.05, 3.63) is 23.5 Å². The molecule has 1 fully saturated rings. The standard InChI is InChI=1S/C16H25BN2O7/c18-13(5-7-20)15(21)19-8-11(9-19)26-14-4-2-1-3-6-17(24)25-10-12(14)16(22)23/h2,4,11,13,20,24H,1,3,5-10,18H2,(H,22,23). The number of aliphatic carboxylic acids is 1. The predicted molar refractivity (Wildman–Crippen MR) is 92.9 cm³/mol. The topological polar surface area (TPSA) is 143 Å². The maximum Gasteiger partial charge on any atom is 0.454 e. The molecule has 5 N–H and O–H groups in total. The third-order valence-corrected chi connectivity index (χ3v) is 4.28. The molecule has 0 aromatic rings. The molecule has 0 aliphatic carbocycles. The molecule has 0 aromatic heterocycles. The molecule has 1 unspecified atom stereocenters. The quantitative estimate of drug-likeness (QED) is 0.442. The molecule has 1 atom stereocenters. The van der Waals surface area contributed by atoms with Crippen molar-refractivity contribution in [3.63, 3.8) is 0 Å². The highest BCUT2D eigenvalue weighted by Crippen LogP contribution is 2.21. The molecule has 2 aliphatic rings. The molecule has 10 heteroatoms. The van der Waals surface area contributed by atoms with Crippen LogP contribution in [0.1, 0.15) is 19.3 Å². The summed E-state index contributed by atoms with van der Waals surface area (Å²) in [6, 6.07) is -0.752. The van der Waals surface area contributed by atoms with Crippen molar-refractivity contribution >= 4 is 19.0 Å². The van der Waals surface area contributed by atoms with E-state index in [4.69, 9.17) is 20.2 Å². The first kappa shape index (κ1) is 20.4. The summed E-state index contributed by atoms with van der Waals surface area (Å²) in [7, 11) is -1.01. The Labute approximate surface area is 152 Å². The van der Waals surface area contributed by atoms with Crippen LogP contribution in [0, 0.1) is 0 Å². The number of ether oxygens (including phenoxy) is 1. The van der Waals surface area contributed by atoms with Gasteiger partial charge in [-0.25, -0.2) is 4.79 Å². The van der Waals surface area contributed by atoms with Crippen LogP contribution in [0.25, 0.3) is 0 Å². The van der Waals surface area contributed by atoms with Crippen LogP contribution in [0.4, 0.5) is 0 Å². The van der Waals surface area contributed by atoms with Gasteiger partial charge in [0.1, 0.15) is 17.4 Å². The molecule has 1 amide bonds. The van der Waals surface area contributed by atoms with Crippen LogP contribution in [0.15, 0.2) is 23.5 Å². The molecule has 0 aromatic carbocycles. The maximum atomic E-state index is 12.0. The highest BCUT2D eigenvalue weighted by molar-refractivity contribution is 6.42. The summed E-state index contributed by atoms with van der Waals surface area (Å²) in [5, 5.41) is 27.9. The van der Waals surface area contributed by atoms with E-state index in [1.807, 2.05) is 0 Å². The van der Waals surface area contributed by atoms with Gasteiger partial charge in [-0.2, -0.15) is 0 Å². The number of hydrogen-bond acceptors (Lipinski definition) is 7. The number of carbonyl (C=O) groups is 2. The molecule has 2 rings (SSSR count). The van der Waals surface area contributed by atoms with Crippen molar-refractivity contribution < 1.29 is 34.2 Å². The van der Waals surface area contributed by atoms with Crippen LogP contribution in [0.3, 0.4) is 0 Å². The van der Waals surface area contributed by atoms with Gasteiger partial charge in [0.15, 0.2) is 0 Å². The maximum absolute atomic E-state index is 12.0. The summed E-state index contributed by atoms with van der Waals surface area (Å²) in [6.45, 7) is 0.163. The zero-order chi connectivity index (χ0) is 19.1. The number of aliphatic hydroxyl groups is 1. The van der Waals surface area contributed by atoms with E-state index in [0.29, 0.717) is 32.3 Å². The number of rotatable bonds is 6. The lowest BCUT2D eigenvalue weighted by atomic mass is 9.82. The van der Waals surface area contributed by atoms with E-state index in [0.717, 1.165) is 0 Å². The van der Waals surface area contributed by atoms with Gasteiger partial charge in [-0.15, -0.1) is 0 Å². The molecule has 2 heterocycles. The number of carboxylic acids is 1. The Bertz CT molecular complexity index is 575. The zero-order valence-electron chi connectivity index (χ0n) is 14.5. The van der Waals surface area contributed by atoms with E-state index in [-0.39, 0.29) is 43.0 Å². The number of allylic oxidation sites excluding steroid dienone is 2. The van der Waals surface area contributed by atoms with E-state index in [9.17, 15) is 19.7 Å². The van der Waals surface area contributed by atoms with Crippen LogP contribution in [-0.4, -0.2) is 77.6 Å². The Kier molecular flexibility index (Phi) is 7.64. The largest absolute Gasteiger partial charge is 0.486 e. The van der Waals surface area contributed by atoms with E-state index in [2.05, 4.69) is 0 Å². The molecule has 0 radical (unpaired) electrons. The van der Waals surface area contributed by atoms with Crippen molar-refractivity contribution in [1.82, 2.24) is 4.90 Å². The van der Waals surface area contributed by atoms with E-state index >= 15 is 0 Å². The number of nitrogens with zero attached hydrogens (tertiary/aromatic N) is 1. The summed E-state index contributed by atoms with van der Waals surface area (Å²) in [5.74, 6) is -1.28. The minimum atomic E-state index is -1.19. The summed E-state index contributed by atoms with van der Waals surface area (Å²) in [4.78, 5) is 25.0. The lowest BCUT2D eigenvalue weighted by Gasteiger charge is -2.40. The third kappa shape index (κ3) is 5.56. The van der Waals surface area contributed by atoms with Crippen molar-refractivity contribution in [3.8, 4) is 0 Å². The SMILES string of the molecule is NC(CCO)C(=O)N1CC(OC2=C(C(=O)O)COB(O)CCCC=C2)C1. The van der Waals surface area contributed by atoms with Crippen LogP contribution in [0.2, 0.25) is 6.32 Å². The minimum Gasteiger partial charge on any atom is -0.486 e. The molecule has 0 saturated carbocycles. The predicted octanol–water partition coefficient (Wildman–Crippen LogP) is -0.891. The average Bonchev–Trinajstić information content (AvgIpc) is 2.56. The molecule has 0 bridgehead atoms. The van der Waals surface area contributed by atoms with Gasteiger partial charge < -0.3 is 35.3 Å². The number of carbonyl (C=O) groups excluding carboxylic acids is 1. The van der Waals surface area contributed by atoms with Crippen LogP contribution < -0.4 is 5.73 Å². The molecular formula is C16H25BN2O7. The van der Waals surface area contributed by atoms with Gasteiger partial charge in [-0.1, -0.05) is 12.5 Å². The van der Waals surface area contributed by atoms with Gasteiger partial charge in [0.25, 0.3) is 0 Å². The lowest BCUT2D eigenvalue weighted by molar-refractivity contribution is -0.144. The van der Waals surface area contributed by atoms with Crippen molar-refractivity contribution in [2.24, 2.45) is 5.73 Å². The van der Waals surface area contributed by atoms with E-state index < -0.39 is 19.1 Å². The Hall–Kier alpha value is -1.88. The second-order valence-electron chi connectivity index (χ2n) is 6.35. The Morgan fingerprint density at radius 2 is 2.19 bits per heavy atom. The molecule has 2 aliphatic heterocycles. The Morgan fingerprint density at radius 1 is 1.46 bits per heavy atom. The van der Waals surface area contributed by atoms with Crippen LogP contribution in [0.5, 0.6) is 0 Å². The molecular weight excluding hydrogens is 343 g/mol. The fourth-order valence-electron chi connectivity index (χ4n) is 2.68. The Morgan fingerprint density at radius 3 is 2.85 bits per heavy atom. The first-order chi connectivity index (χ1) is 12.4. The van der Waals surface area contributed by atoms with E-state index in [1.165, 1.54) is 4.90 Å². The fourth-order valence-corrected chi connectivity index (χ4v) is 2.68. The number of amides is 1. The van der Waals surface area contributed by atoms with Crippen LogP contribution in [-0.2, 0) is 19.0 Å². The molecule has 1 saturated heterocycles. The number of nitrogens with two attached hydrogens (primary N) is 1. The first-order valence-electron chi connectivity index (χ1n) is 8.67. The second kappa shape index (κ2) is 9.72. The molecule has 9 nitrogen and oxygen atoms in total. The monoisotopic (exact) mass is 368 g/mol. The summed E-state index contributed by atoms with van der Waals surface area (Å²) < 4.78 is 10.9. The number of hydrogen-bond donors (Lipinski definition) is 4. The van der Waals surface area contributed by atoms with Crippen LogP contribution >= 0.6 is 0 Å². The highest BCUT2D eigenvalue weighted by atomic mass is 16.5. The number of aliphatic hydroxyl groups excluding tert-OH is 1. The normalized spacial score (nSPS) is 20.6. The molecule has 0 spiro atoms. The first-order valence-corrected chi connectivity index (χ1v) is 8.67. The highest BCUT2D eigenvalue weighted by Gasteiger charge is 2.35. The summed E-state index contributed by atoms with van der Waals surface area (Å²) in [5.41, 5.74) is 5.60. The lowest BCUT2D eigenvalue weighted by Crippen LogP contribution is -2.58. The van der Waals surface area contributed by atoms with Gasteiger partial charge >= 0.3 is 13.1 Å². The smallest absolute Gasteiger partial charge is 0.454 e. The third-order valence-electron chi connectivity index (χ3n) is 4.28. The minimum absolute atomic E-state index is 0.0797. The van der Waals surface area contributed by atoms with E-state index in [1.54, 1.807) is 12.2 Å². The van der Waals surface area contributed by atoms with Gasteiger partial charge in [0.05, 0.1) is 25.7 Å². The zero-order valence-corrected chi connectivity index (χ0v) is 14.5. The number of carboxylic acid groups (broad SMARTS) is 1. The van der Waals surface area contributed by atoms with Gasteiger partial charge in [-0.3, -0.25) is 4.79 Å². The van der Waals surface area contributed by atoms with Gasteiger partial charge in [0, 0.05) is 6.61 Å². The number of likely N-dealkylation sites (tertiary alicyclic amines) is 1. The molecule has 26 heavy (non-hydrogen) atoms. The van der Waals surface area contributed by atoms with Crippen molar-refractivity contribution in [1.29, 1.82) is 0 Å². The van der Waals surface area contributed by atoms with Gasteiger partial charge in [-0.05, 0) is 25.2 Å². The molecule has 144 valence electrons. The Balaban J connectivity index is 2.00. The second-order valence-corrected chi connectivity index (χ2v) is 6.35. The summed E-state index contributed by atoms with van der Waals surface area (Å²) >= 11 is 0. The fraction of sp³-hybridized carbons (Fsp3) is 0.625. The average molecular weight is 368 g/mol. The summed E-state index contributed by atoms with van der Waals surface area (Å²) in [6.07, 6.45) is 5.05. The van der Waals surface area contributed by atoms with Crippen molar-refractivity contribution in [2.75, 3.05) is 26.3 Å². The van der Waals surface area contributed by atoms with Crippen molar-refractivity contribution in [2.45, 2.75) is 37.7 Å².